The van der Waals surface area contributed by atoms with Gasteiger partial charge in [0.05, 0.1) is 13.2 Å². The summed E-state index contributed by atoms with van der Waals surface area (Å²) in [6, 6.07) is 6.94. The molecular weight excluding hydrogens is 360 g/mol. The van der Waals surface area contributed by atoms with Crippen LogP contribution >= 0.6 is 0 Å². The van der Waals surface area contributed by atoms with E-state index in [4.69, 9.17) is 4.74 Å². The number of hydrogen-bond donors (Lipinski definition) is 2. The minimum absolute atomic E-state index is 0.00240. The molecule has 28 heavy (non-hydrogen) atoms. The molecule has 1 aromatic heterocycles. The number of carbonyl (C=O) groups is 3. The zero-order valence-electron chi connectivity index (χ0n) is 15.6. The van der Waals surface area contributed by atoms with Crippen molar-refractivity contribution in [3.63, 3.8) is 0 Å². The standard InChI is InChI=1S/C20H24N4O4/c25-18(23-9-11-28-12-10-23)6-5-17-19(26)24(20(27)22-17)8-7-14-13-21-16-4-2-1-3-15(14)16/h1-4,13,17,21H,5-12H2,(H,22,27). The average molecular weight is 384 g/mol. The van der Waals surface area contributed by atoms with Crippen molar-refractivity contribution in [3.8, 4) is 0 Å². The van der Waals surface area contributed by atoms with Gasteiger partial charge in [-0.1, -0.05) is 18.2 Å². The molecule has 0 bridgehead atoms. The molecule has 0 spiro atoms. The van der Waals surface area contributed by atoms with Crippen LogP contribution in [0.3, 0.4) is 0 Å². The van der Waals surface area contributed by atoms with Gasteiger partial charge in [0.25, 0.3) is 5.91 Å². The zero-order chi connectivity index (χ0) is 19.5. The van der Waals surface area contributed by atoms with Crippen LogP contribution in [0.5, 0.6) is 0 Å². The van der Waals surface area contributed by atoms with E-state index in [2.05, 4.69) is 10.3 Å². The van der Waals surface area contributed by atoms with E-state index in [9.17, 15) is 14.4 Å². The van der Waals surface area contributed by atoms with Crippen molar-refractivity contribution < 1.29 is 19.1 Å². The van der Waals surface area contributed by atoms with Crippen LogP contribution in [-0.2, 0) is 20.7 Å². The Kier molecular flexibility index (Phi) is 5.29. The number of aromatic nitrogens is 1. The van der Waals surface area contributed by atoms with Crippen LogP contribution in [0.25, 0.3) is 10.9 Å². The molecule has 2 aliphatic heterocycles. The number of amides is 4. The summed E-state index contributed by atoms with van der Waals surface area (Å²) in [5.74, 6) is -0.248. The van der Waals surface area contributed by atoms with Crippen LogP contribution in [0.2, 0.25) is 0 Å². The number of ether oxygens (including phenoxy) is 1. The molecule has 0 radical (unpaired) electrons. The van der Waals surface area contributed by atoms with Gasteiger partial charge in [-0.05, 0) is 24.5 Å². The first-order valence-electron chi connectivity index (χ1n) is 9.66. The van der Waals surface area contributed by atoms with Crippen LogP contribution in [0.4, 0.5) is 4.79 Å². The highest BCUT2D eigenvalue weighted by atomic mass is 16.5. The fourth-order valence-electron chi connectivity index (χ4n) is 3.79. The van der Waals surface area contributed by atoms with E-state index >= 15 is 0 Å². The third kappa shape index (κ3) is 3.73. The van der Waals surface area contributed by atoms with Gasteiger partial charge in [0, 0.05) is 43.2 Å². The lowest BCUT2D eigenvalue weighted by molar-refractivity contribution is -0.135. The minimum atomic E-state index is -0.625. The molecule has 1 unspecified atom stereocenters. The smallest absolute Gasteiger partial charge is 0.324 e. The molecule has 3 heterocycles. The van der Waals surface area contributed by atoms with Crippen LogP contribution < -0.4 is 5.32 Å². The van der Waals surface area contributed by atoms with Gasteiger partial charge in [-0.2, -0.15) is 0 Å². The Morgan fingerprint density at radius 2 is 1.96 bits per heavy atom. The number of hydrogen-bond acceptors (Lipinski definition) is 4. The minimum Gasteiger partial charge on any atom is -0.378 e. The van der Waals surface area contributed by atoms with Gasteiger partial charge in [0.1, 0.15) is 6.04 Å². The van der Waals surface area contributed by atoms with Crippen molar-refractivity contribution in [1.29, 1.82) is 0 Å². The number of para-hydroxylation sites is 1. The fraction of sp³-hybridized carbons (Fsp3) is 0.450. The molecule has 8 heteroatoms. The van der Waals surface area contributed by atoms with E-state index in [1.807, 2.05) is 30.5 Å². The van der Waals surface area contributed by atoms with Crippen molar-refractivity contribution in [1.82, 2.24) is 20.1 Å². The number of rotatable bonds is 6. The van der Waals surface area contributed by atoms with Crippen LogP contribution in [-0.4, -0.2) is 71.5 Å². The summed E-state index contributed by atoms with van der Waals surface area (Å²) in [5, 5.41) is 3.81. The molecule has 1 aromatic carbocycles. The number of H-pyrrole nitrogens is 1. The maximum Gasteiger partial charge on any atom is 0.324 e. The predicted octanol–water partition coefficient (Wildman–Crippen LogP) is 1.27. The molecule has 2 N–H and O–H groups in total. The van der Waals surface area contributed by atoms with Crippen molar-refractivity contribution in [2.24, 2.45) is 0 Å². The third-order valence-electron chi connectivity index (χ3n) is 5.40. The molecule has 2 fully saturated rings. The Bertz CT molecular complexity index is 887. The molecule has 4 amide bonds. The number of morpholine rings is 1. The van der Waals surface area contributed by atoms with Gasteiger partial charge < -0.3 is 19.9 Å². The molecule has 2 saturated heterocycles. The Morgan fingerprint density at radius 1 is 1.18 bits per heavy atom. The van der Waals surface area contributed by atoms with E-state index in [0.717, 1.165) is 16.5 Å². The SMILES string of the molecule is O=C(CCC1NC(=O)N(CCc2c[nH]c3ccccc23)C1=O)N1CCOCC1. The Morgan fingerprint density at radius 3 is 2.79 bits per heavy atom. The summed E-state index contributed by atoms with van der Waals surface area (Å²) >= 11 is 0. The summed E-state index contributed by atoms with van der Waals surface area (Å²) in [4.78, 5) is 43.3. The van der Waals surface area contributed by atoms with E-state index in [-0.39, 0.29) is 24.3 Å². The monoisotopic (exact) mass is 384 g/mol. The van der Waals surface area contributed by atoms with E-state index in [0.29, 0.717) is 45.7 Å². The van der Waals surface area contributed by atoms with E-state index < -0.39 is 6.04 Å². The molecule has 8 nitrogen and oxygen atoms in total. The summed E-state index contributed by atoms with van der Waals surface area (Å²) in [5.41, 5.74) is 2.11. The number of urea groups is 1. The number of carbonyl (C=O) groups excluding carboxylic acids is 3. The first-order valence-corrected chi connectivity index (χ1v) is 9.66. The number of benzene rings is 1. The number of fused-ring (bicyclic) bond motifs is 1. The van der Waals surface area contributed by atoms with Gasteiger partial charge in [0.15, 0.2) is 0 Å². The largest absolute Gasteiger partial charge is 0.378 e. The van der Waals surface area contributed by atoms with Crippen LogP contribution in [0.1, 0.15) is 18.4 Å². The zero-order valence-corrected chi connectivity index (χ0v) is 15.6. The summed E-state index contributed by atoms with van der Waals surface area (Å²) in [6.07, 6.45) is 3.07. The first kappa shape index (κ1) is 18.5. The third-order valence-corrected chi connectivity index (χ3v) is 5.40. The molecule has 0 aliphatic carbocycles. The maximum absolute atomic E-state index is 12.6. The predicted molar refractivity (Wildman–Crippen MR) is 103 cm³/mol. The van der Waals surface area contributed by atoms with Crippen molar-refractivity contribution in [2.75, 3.05) is 32.8 Å². The molecule has 4 rings (SSSR count). The first-order chi connectivity index (χ1) is 13.6. The van der Waals surface area contributed by atoms with Gasteiger partial charge in [-0.25, -0.2) is 4.79 Å². The number of nitrogens with one attached hydrogen (secondary N) is 2. The second-order valence-corrected chi connectivity index (χ2v) is 7.13. The van der Waals surface area contributed by atoms with E-state index in [1.54, 1.807) is 4.90 Å². The lowest BCUT2D eigenvalue weighted by Gasteiger charge is -2.27. The highest BCUT2D eigenvalue weighted by Gasteiger charge is 2.37. The highest BCUT2D eigenvalue weighted by molar-refractivity contribution is 6.04. The molecule has 2 aromatic rings. The van der Waals surface area contributed by atoms with E-state index in [1.165, 1.54) is 4.90 Å². The number of aromatic amines is 1. The summed E-state index contributed by atoms with van der Waals surface area (Å²) in [7, 11) is 0. The molecule has 1 atom stereocenters. The van der Waals surface area contributed by atoms with Crippen molar-refractivity contribution in [3.05, 3.63) is 36.0 Å². The van der Waals surface area contributed by atoms with Gasteiger partial charge in [-0.3, -0.25) is 14.5 Å². The van der Waals surface area contributed by atoms with Gasteiger partial charge >= 0.3 is 6.03 Å². The molecule has 0 saturated carbocycles. The number of imide groups is 1. The van der Waals surface area contributed by atoms with Gasteiger partial charge in [-0.15, -0.1) is 0 Å². The van der Waals surface area contributed by atoms with Crippen LogP contribution in [0, 0.1) is 0 Å². The Balaban J connectivity index is 1.31. The Labute approximate surface area is 162 Å². The fourth-order valence-corrected chi connectivity index (χ4v) is 3.79. The molecule has 148 valence electrons. The van der Waals surface area contributed by atoms with Gasteiger partial charge in [0.2, 0.25) is 5.91 Å². The second-order valence-electron chi connectivity index (χ2n) is 7.13. The van der Waals surface area contributed by atoms with Crippen molar-refractivity contribution >= 4 is 28.7 Å². The average Bonchev–Trinajstić information content (AvgIpc) is 3.26. The number of nitrogens with zero attached hydrogens (tertiary/aromatic N) is 2. The normalized spacial score (nSPS) is 20.1. The highest BCUT2D eigenvalue weighted by Crippen LogP contribution is 2.20. The summed E-state index contributed by atoms with van der Waals surface area (Å²) < 4.78 is 5.24. The molecule has 2 aliphatic rings. The Hall–Kier alpha value is -2.87. The van der Waals surface area contributed by atoms with Crippen LogP contribution in [0.15, 0.2) is 30.5 Å². The molecular formula is C20H24N4O4. The maximum atomic E-state index is 12.6. The lowest BCUT2D eigenvalue weighted by atomic mass is 10.1. The topological polar surface area (TPSA) is 94.7 Å². The second kappa shape index (κ2) is 8.02. The van der Waals surface area contributed by atoms with Crippen molar-refractivity contribution in [2.45, 2.75) is 25.3 Å². The lowest BCUT2D eigenvalue weighted by Crippen LogP contribution is -2.41. The quantitative estimate of drug-likeness (QED) is 0.734. The summed E-state index contributed by atoms with van der Waals surface area (Å²) in [6.45, 7) is 2.58.